The molecule has 0 spiro atoms. The lowest BCUT2D eigenvalue weighted by Crippen LogP contribution is -2.33. The Hall–Kier alpha value is -1.71. The number of nitrogens with zero attached hydrogens (tertiary/aromatic N) is 2. The predicted octanol–water partition coefficient (Wildman–Crippen LogP) is 1.30. The molecule has 1 aliphatic rings. The van der Waals surface area contributed by atoms with Crippen LogP contribution in [-0.2, 0) is 10.0 Å². The molecule has 116 valence electrons. The lowest BCUT2D eigenvalue weighted by Gasteiger charge is -2.20. The van der Waals surface area contributed by atoms with Gasteiger partial charge in [0.2, 0.25) is 10.0 Å². The summed E-state index contributed by atoms with van der Waals surface area (Å²) in [6, 6.07) is 3.71. The van der Waals surface area contributed by atoms with Gasteiger partial charge in [0.25, 0.3) is 5.69 Å². The maximum atomic E-state index is 12.7. The van der Waals surface area contributed by atoms with Gasteiger partial charge in [-0.05, 0) is 30.9 Å². The molecule has 0 unspecified atom stereocenters. The number of hydrazine groups is 1. The van der Waals surface area contributed by atoms with Crippen molar-refractivity contribution < 1.29 is 13.3 Å². The first-order chi connectivity index (χ1) is 9.90. The third kappa shape index (κ3) is 3.31. The molecule has 1 saturated carbocycles. The van der Waals surface area contributed by atoms with Crippen LogP contribution in [0.5, 0.6) is 0 Å². The Balaban J connectivity index is 2.47. The van der Waals surface area contributed by atoms with Gasteiger partial charge in [0.05, 0.1) is 10.6 Å². The number of sulfonamides is 1. The van der Waals surface area contributed by atoms with Crippen molar-refractivity contribution in [1.82, 2.24) is 4.31 Å². The van der Waals surface area contributed by atoms with E-state index in [2.05, 4.69) is 5.43 Å². The van der Waals surface area contributed by atoms with E-state index in [4.69, 9.17) is 5.84 Å². The summed E-state index contributed by atoms with van der Waals surface area (Å²) >= 11 is 0. The average Bonchev–Trinajstić information content (AvgIpc) is 3.27. The van der Waals surface area contributed by atoms with E-state index in [0.717, 1.165) is 18.9 Å². The first kappa shape index (κ1) is 15.7. The summed E-state index contributed by atoms with van der Waals surface area (Å²) in [7, 11) is -3.92. The quantitative estimate of drug-likeness (QED) is 0.445. The molecule has 1 fully saturated rings. The van der Waals surface area contributed by atoms with E-state index < -0.39 is 20.6 Å². The Kier molecular flexibility index (Phi) is 4.45. The molecule has 0 heterocycles. The van der Waals surface area contributed by atoms with Gasteiger partial charge in [-0.25, -0.2) is 8.42 Å². The second-order valence-corrected chi connectivity index (χ2v) is 6.89. The number of hydrogen-bond donors (Lipinski definition) is 2. The number of hydrogen-bond acceptors (Lipinski definition) is 6. The fourth-order valence-electron chi connectivity index (χ4n) is 2.09. The van der Waals surface area contributed by atoms with Gasteiger partial charge in [-0.15, -0.1) is 0 Å². The molecule has 8 nitrogen and oxygen atoms in total. The van der Waals surface area contributed by atoms with Gasteiger partial charge in [0.15, 0.2) is 4.90 Å². The van der Waals surface area contributed by atoms with E-state index in [1.165, 1.54) is 16.4 Å². The molecule has 0 aromatic heterocycles. The zero-order valence-corrected chi connectivity index (χ0v) is 12.5. The highest BCUT2D eigenvalue weighted by Gasteiger charge is 2.34. The van der Waals surface area contributed by atoms with E-state index in [9.17, 15) is 18.5 Å². The minimum Gasteiger partial charge on any atom is -0.324 e. The maximum Gasteiger partial charge on any atom is 0.289 e. The number of nitro benzene ring substituents is 1. The molecule has 3 N–H and O–H groups in total. The Morgan fingerprint density at radius 1 is 1.48 bits per heavy atom. The van der Waals surface area contributed by atoms with Crippen molar-refractivity contribution in [1.29, 1.82) is 0 Å². The smallest absolute Gasteiger partial charge is 0.289 e. The van der Waals surface area contributed by atoms with Gasteiger partial charge in [0.1, 0.15) is 0 Å². The molecule has 0 atom stereocenters. The minimum atomic E-state index is -3.92. The third-order valence-corrected chi connectivity index (χ3v) is 5.42. The molecule has 0 saturated heterocycles. The van der Waals surface area contributed by atoms with Gasteiger partial charge in [-0.2, -0.15) is 4.31 Å². The van der Waals surface area contributed by atoms with Gasteiger partial charge in [-0.1, -0.05) is 6.92 Å². The Labute approximate surface area is 123 Å². The molecule has 0 aliphatic heterocycles. The van der Waals surface area contributed by atoms with Gasteiger partial charge in [-0.3, -0.25) is 16.0 Å². The van der Waals surface area contributed by atoms with Crippen LogP contribution in [0.25, 0.3) is 0 Å². The van der Waals surface area contributed by atoms with Gasteiger partial charge < -0.3 is 5.43 Å². The second-order valence-electron chi connectivity index (χ2n) is 4.98. The van der Waals surface area contributed by atoms with Crippen LogP contribution in [0.1, 0.15) is 19.8 Å². The van der Waals surface area contributed by atoms with E-state index in [0.29, 0.717) is 18.2 Å². The molecule has 1 aromatic carbocycles. The number of anilines is 1. The molecular weight excluding hydrogens is 296 g/mol. The molecule has 2 rings (SSSR count). The molecule has 0 bridgehead atoms. The number of benzene rings is 1. The van der Waals surface area contributed by atoms with Gasteiger partial charge in [0, 0.05) is 19.2 Å². The van der Waals surface area contributed by atoms with E-state index >= 15 is 0 Å². The molecular formula is C12H18N4O4S. The molecule has 0 amide bonds. The van der Waals surface area contributed by atoms with Crippen molar-refractivity contribution in [2.75, 3.05) is 18.5 Å². The van der Waals surface area contributed by atoms with Crippen LogP contribution in [-0.4, -0.2) is 30.7 Å². The van der Waals surface area contributed by atoms with Crippen LogP contribution in [0.4, 0.5) is 11.4 Å². The first-order valence-corrected chi connectivity index (χ1v) is 8.09. The van der Waals surface area contributed by atoms with Crippen LogP contribution < -0.4 is 11.3 Å². The lowest BCUT2D eigenvalue weighted by molar-refractivity contribution is -0.387. The number of nitrogens with two attached hydrogens (primary N) is 1. The van der Waals surface area contributed by atoms with Crippen LogP contribution in [0, 0.1) is 16.0 Å². The topological polar surface area (TPSA) is 119 Å². The number of nitro groups is 1. The van der Waals surface area contributed by atoms with E-state index in [1.54, 1.807) is 6.92 Å². The summed E-state index contributed by atoms with van der Waals surface area (Å²) in [5.41, 5.74) is 2.18. The van der Waals surface area contributed by atoms with Crippen molar-refractivity contribution in [3.05, 3.63) is 28.3 Å². The molecule has 0 radical (unpaired) electrons. The fraction of sp³-hybridized carbons (Fsp3) is 0.500. The fourth-order valence-corrected chi connectivity index (χ4v) is 3.79. The summed E-state index contributed by atoms with van der Waals surface area (Å²) in [5.74, 6) is 5.62. The van der Waals surface area contributed by atoms with Crippen molar-refractivity contribution in [3.8, 4) is 0 Å². The Morgan fingerprint density at radius 2 is 2.14 bits per heavy atom. The lowest BCUT2D eigenvalue weighted by atomic mass is 10.3. The van der Waals surface area contributed by atoms with Crippen molar-refractivity contribution >= 4 is 21.4 Å². The van der Waals surface area contributed by atoms with E-state index in [1.807, 2.05) is 0 Å². The van der Waals surface area contributed by atoms with Crippen molar-refractivity contribution in [2.24, 2.45) is 11.8 Å². The average molecular weight is 314 g/mol. The zero-order chi connectivity index (χ0) is 15.6. The SMILES string of the molecule is CCN(CC1CC1)S(=O)(=O)c1cc(NN)ccc1[N+](=O)[O-]. The number of nitrogens with one attached hydrogen (secondary N) is 1. The second kappa shape index (κ2) is 5.96. The molecule has 21 heavy (non-hydrogen) atoms. The highest BCUT2D eigenvalue weighted by molar-refractivity contribution is 7.89. The summed E-state index contributed by atoms with van der Waals surface area (Å²) in [6.07, 6.45) is 2.00. The van der Waals surface area contributed by atoms with Crippen molar-refractivity contribution in [2.45, 2.75) is 24.7 Å². The highest BCUT2D eigenvalue weighted by Crippen LogP contribution is 2.34. The summed E-state index contributed by atoms with van der Waals surface area (Å²) < 4.78 is 26.6. The molecule has 9 heteroatoms. The largest absolute Gasteiger partial charge is 0.324 e. The van der Waals surface area contributed by atoms with Crippen LogP contribution in [0.2, 0.25) is 0 Å². The van der Waals surface area contributed by atoms with Crippen molar-refractivity contribution in [3.63, 3.8) is 0 Å². The minimum absolute atomic E-state index is 0.274. The zero-order valence-electron chi connectivity index (χ0n) is 11.7. The molecule has 1 aromatic rings. The Bertz CT molecular complexity index is 643. The van der Waals surface area contributed by atoms with Crippen LogP contribution in [0.15, 0.2) is 23.1 Å². The predicted molar refractivity (Wildman–Crippen MR) is 78.1 cm³/mol. The first-order valence-electron chi connectivity index (χ1n) is 6.65. The number of rotatable bonds is 7. The van der Waals surface area contributed by atoms with E-state index in [-0.39, 0.29) is 11.4 Å². The maximum absolute atomic E-state index is 12.7. The highest BCUT2D eigenvalue weighted by atomic mass is 32.2. The summed E-state index contributed by atoms with van der Waals surface area (Å²) in [4.78, 5) is 10.1. The van der Waals surface area contributed by atoms with Crippen LogP contribution in [0.3, 0.4) is 0 Å². The number of nitrogen functional groups attached to an aromatic ring is 1. The Morgan fingerprint density at radius 3 is 2.62 bits per heavy atom. The monoisotopic (exact) mass is 314 g/mol. The summed E-state index contributed by atoms with van der Waals surface area (Å²) in [6.45, 7) is 2.39. The standard InChI is InChI=1S/C12H18N4O4S/c1-2-15(8-9-3-4-9)21(19,20)12-7-10(14-13)5-6-11(12)16(17)18/h5-7,9,14H,2-4,8,13H2,1H3. The molecule has 1 aliphatic carbocycles. The normalized spacial score (nSPS) is 15.2. The van der Waals surface area contributed by atoms with Crippen LogP contribution >= 0.6 is 0 Å². The van der Waals surface area contributed by atoms with Gasteiger partial charge >= 0.3 is 0 Å². The summed E-state index contributed by atoms with van der Waals surface area (Å²) in [5, 5.41) is 11.1. The third-order valence-electron chi connectivity index (χ3n) is 3.45.